The minimum Gasteiger partial charge on any atom is -0.339 e. The van der Waals surface area contributed by atoms with Crippen LogP contribution in [-0.4, -0.2) is 15.9 Å². The Kier molecular flexibility index (Phi) is 4.40. The van der Waals surface area contributed by atoms with Gasteiger partial charge in [0.05, 0.1) is 5.52 Å². The Hall–Kier alpha value is -3.72. The fourth-order valence-corrected chi connectivity index (χ4v) is 2.29. The van der Waals surface area contributed by atoms with Gasteiger partial charge >= 0.3 is 6.08 Å². The zero-order valence-electron chi connectivity index (χ0n) is 13.1. The first-order valence-electron chi connectivity index (χ1n) is 7.33. The van der Waals surface area contributed by atoms with Crippen molar-refractivity contribution in [3.05, 3.63) is 66.8 Å². The minimum absolute atomic E-state index is 0.270. The van der Waals surface area contributed by atoms with Crippen LogP contribution in [-0.2, 0) is 4.79 Å². The molecule has 0 bridgehead atoms. The van der Waals surface area contributed by atoms with E-state index in [0.29, 0.717) is 27.8 Å². The van der Waals surface area contributed by atoms with Crippen molar-refractivity contribution in [1.29, 1.82) is 0 Å². The van der Waals surface area contributed by atoms with Gasteiger partial charge in [0.15, 0.2) is 0 Å². The molecule has 5 nitrogen and oxygen atoms in total. The average Bonchev–Trinajstić information content (AvgIpc) is 2.62. The standard InChI is InChI=1S/C19H13FN4O/c1-3-12-6-5-7-13(10-12)22-18-15-11-14(21-17(25)4-2)8-9-16(15)23-19(20)24-18/h1,4-11H,2H2,(H,21,25)(H,22,23,24). The molecular formula is C19H13FN4O. The van der Waals surface area contributed by atoms with Crippen molar-refractivity contribution in [2.24, 2.45) is 0 Å². The molecule has 0 saturated heterocycles. The van der Waals surface area contributed by atoms with Gasteiger partial charge in [-0.25, -0.2) is 4.98 Å². The molecule has 3 rings (SSSR count). The van der Waals surface area contributed by atoms with E-state index in [0.717, 1.165) is 6.08 Å². The molecule has 1 amide bonds. The third kappa shape index (κ3) is 3.62. The molecule has 1 aromatic heterocycles. The van der Waals surface area contributed by atoms with Gasteiger partial charge in [0.25, 0.3) is 0 Å². The van der Waals surface area contributed by atoms with E-state index in [-0.39, 0.29) is 11.7 Å². The number of amides is 1. The summed E-state index contributed by atoms with van der Waals surface area (Å²) in [6, 6.07) is 12.0. The maximum absolute atomic E-state index is 13.7. The van der Waals surface area contributed by atoms with Gasteiger partial charge in [0.2, 0.25) is 5.91 Å². The van der Waals surface area contributed by atoms with Crippen molar-refractivity contribution in [3.8, 4) is 12.3 Å². The maximum Gasteiger partial charge on any atom is 0.311 e. The van der Waals surface area contributed by atoms with Crippen LogP contribution in [0.4, 0.5) is 21.6 Å². The Bertz CT molecular complexity index is 1020. The summed E-state index contributed by atoms with van der Waals surface area (Å²) in [6.45, 7) is 3.41. The second-order valence-electron chi connectivity index (χ2n) is 5.12. The Labute approximate surface area is 143 Å². The molecule has 0 fully saturated rings. The van der Waals surface area contributed by atoms with Crippen LogP contribution in [0.15, 0.2) is 55.1 Å². The van der Waals surface area contributed by atoms with E-state index >= 15 is 0 Å². The quantitative estimate of drug-likeness (QED) is 0.435. The molecule has 25 heavy (non-hydrogen) atoms. The Balaban J connectivity index is 2.05. The largest absolute Gasteiger partial charge is 0.339 e. The highest BCUT2D eigenvalue weighted by atomic mass is 19.1. The van der Waals surface area contributed by atoms with E-state index in [1.165, 1.54) is 0 Å². The summed E-state index contributed by atoms with van der Waals surface area (Å²) in [5.74, 6) is 2.46. The number of fused-ring (bicyclic) bond motifs is 1. The number of halogens is 1. The summed E-state index contributed by atoms with van der Waals surface area (Å²) in [7, 11) is 0. The SMILES string of the molecule is C#Cc1cccc(Nc2nc(F)nc3ccc(NC(=O)C=C)cc23)c1. The molecule has 0 aliphatic heterocycles. The highest BCUT2D eigenvalue weighted by Gasteiger charge is 2.10. The number of carbonyl (C=O) groups is 1. The number of hydrogen-bond donors (Lipinski definition) is 2. The molecule has 2 N–H and O–H groups in total. The average molecular weight is 332 g/mol. The van der Waals surface area contributed by atoms with Gasteiger partial charge in [0.1, 0.15) is 5.82 Å². The zero-order chi connectivity index (χ0) is 17.8. The van der Waals surface area contributed by atoms with Gasteiger partial charge in [-0.15, -0.1) is 6.42 Å². The van der Waals surface area contributed by atoms with Crippen molar-refractivity contribution < 1.29 is 9.18 Å². The lowest BCUT2D eigenvalue weighted by atomic mass is 10.2. The lowest BCUT2D eigenvalue weighted by Gasteiger charge is -2.10. The van der Waals surface area contributed by atoms with Gasteiger partial charge < -0.3 is 10.6 Å². The van der Waals surface area contributed by atoms with Gasteiger partial charge in [-0.3, -0.25) is 4.79 Å². The maximum atomic E-state index is 13.7. The lowest BCUT2D eigenvalue weighted by Crippen LogP contribution is -2.07. The first kappa shape index (κ1) is 16.1. The van der Waals surface area contributed by atoms with Crippen molar-refractivity contribution in [2.75, 3.05) is 10.6 Å². The third-order valence-electron chi connectivity index (χ3n) is 3.41. The predicted octanol–water partition coefficient (Wildman–Crippen LogP) is 3.62. The minimum atomic E-state index is -0.856. The first-order valence-corrected chi connectivity index (χ1v) is 7.33. The molecule has 1 heterocycles. The van der Waals surface area contributed by atoms with Crippen LogP contribution in [0.3, 0.4) is 0 Å². The van der Waals surface area contributed by atoms with Crippen molar-refractivity contribution in [2.45, 2.75) is 0 Å². The molecule has 0 unspecified atom stereocenters. The second kappa shape index (κ2) is 6.81. The number of carbonyl (C=O) groups excluding carboxylic acids is 1. The van der Waals surface area contributed by atoms with Crippen LogP contribution < -0.4 is 10.6 Å². The highest BCUT2D eigenvalue weighted by molar-refractivity contribution is 6.01. The first-order chi connectivity index (χ1) is 12.1. The van der Waals surface area contributed by atoms with Gasteiger partial charge in [-0.2, -0.15) is 9.37 Å². The van der Waals surface area contributed by atoms with E-state index in [9.17, 15) is 9.18 Å². The summed E-state index contributed by atoms with van der Waals surface area (Å²) in [6.07, 6.45) is 5.70. The molecular weight excluding hydrogens is 319 g/mol. The number of rotatable bonds is 4. The normalized spacial score (nSPS) is 10.1. The van der Waals surface area contributed by atoms with Crippen LogP contribution in [0.2, 0.25) is 0 Å². The molecule has 0 saturated carbocycles. The number of hydrogen-bond acceptors (Lipinski definition) is 4. The number of terminal acetylenes is 1. The molecule has 0 aliphatic rings. The zero-order valence-corrected chi connectivity index (χ0v) is 13.1. The molecule has 0 atom stereocenters. The summed E-state index contributed by atoms with van der Waals surface area (Å²) in [4.78, 5) is 19.1. The number of benzene rings is 2. The van der Waals surface area contributed by atoms with Crippen LogP contribution in [0.5, 0.6) is 0 Å². The lowest BCUT2D eigenvalue weighted by molar-refractivity contribution is -0.111. The smallest absolute Gasteiger partial charge is 0.311 e. The van der Waals surface area contributed by atoms with E-state index in [1.807, 2.05) is 0 Å². The summed E-state index contributed by atoms with van der Waals surface area (Å²) < 4.78 is 13.7. The molecule has 122 valence electrons. The number of aromatic nitrogens is 2. The molecule has 0 spiro atoms. The topological polar surface area (TPSA) is 66.9 Å². The molecule has 3 aromatic rings. The Morgan fingerprint density at radius 1 is 1.20 bits per heavy atom. The van der Waals surface area contributed by atoms with E-state index in [1.54, 1.807) is 42.5 Å². The second-order valence-corrected chi connectivity index (χ2v) is 5.12. The molecule has 0 aliphatic carbocycles. The van der Waals surface area contributed by atoms with Crippen LogP contribution in [0.1, 0.15) is 5.56 Å². The Morgan fingerprint density at radius 3 is 2.80 bits per heavy atom. The fraction of sp³-hybridized carbons (Fsp3) is 0. The Morgan fingerprint density at radius 2 is 2.04 bits per heavy atom. The van der Waals surface area contributed by atoms with Gasteiger partial charge in [-0.05, 0) is 42.5 Å². The molecule has 6 heteroatoms. The molecule has 0 radical (unpaired) electrons. The number of nitrogens with one attached hydrogen (secondary N) is 2. The van der Waals surface area contributed by atoms with Gasteiger partial charge in [-0.1, -0.05) is 18.6 Å². The summed E-state index contributed by atoms with van der Waals surface area (Å²) >= 11 is 0. The fourth-order valence-electron chi connectivity index (χ4n) is 2.29. The molecule has 2 aromatic carbocycles. The monoisotopic (exact) mass is 332 g/mol. The summed E-state index contributed by atoms with van der Waals surface area (Å²) in [5.41, 5.74) is 2.27. The van der Waals surface area contributed by atoms with Crippen molar-refractivity contribution in [1.82, 2.24) is 9.97 Å². The van der Waals surface area contributed by atoms with Crippen LogP contribution in [0.25, 0.3) is 10.9 Å². The van der Waals surface area contributed by atoms with E-state index in [4.69, 9.17) is 6.42 Å². The van der Waals surface area contributed by atoms with Crippen molar-refractivity contribution in [3.63, 3.8) is 0 Å². The van der Waals surface area contributed by atoms with Crippen LogP contribution >= 0.6 is 0 Å². The predicted molar refractivity (Wildman–Crippen MR) is 96.0 cm³/mol. The third-order valence-corrected chi connectivity index (χ3v) is 3.41. The van der Waals surface area contributed by atoms with Gasteiger partial charge in [0, 0.05) is 22.3 Å². The number of anilines is 3. The highest BCUT2D eigenvalue weighted by Crippen LogP contribution is 2.26. The van der Waals surface area contributed by atoms with Crippen LogP contribution in [0, 0.1) is 18.4 Å². The van der Waals surface area contributed by atoms with E-state index in [2.05, 4.69) is 33.1 Å². The number of nitrogens with zero attached hydrogens (tertiary/aromatic N) is 2. The summed E-state index contributed by atoms with van der Waals surface area (Å²) in [5, 5.41) is 6.23. The van der Waals surface area contributed by atoms with E-state index < -0.39 is 6.08 Å². The van der Waals surface area contributed by atoms with Crippen molar-refractivity contribution >= 4 is 34.0 Å².